The Labute approximate surface area is 136 Å². The molecule has 118 valence electrons. The number of hydrogen-bond acceptors (Lipinski definition) is 7. The highest BCUT2D eigenvalue weighted by atomic mass is 32.2. The molecule has 0 radical (unpaired) electrons. The topological polar surface area (TPSA) is 90.7 Å². The minimum atomic E-state index is -0.299. The second-order valence-electron chi connectivity index (χ2n) is 4.98. The first kappa shape index (κ1) is 15.4. The second kappa shape index (κ2) is 6.33. The summed E-state index contributed by atoms with van der Waals surface area (Å²) in [6, 6.07) is 6.52. The molecule has 2 aromatic heterocycles. The number of anilines is 1. The molecule has 0 bridgehead atoms. The molecule has 6 nitrogen and oxygen atoms in total. The standard InChI is InChI=1S/C15H14FN5OS/c1-8-3-4-10(6-11(8)16)14-20-13(22-21-14)7-23-15-18-9(2)5-12(17)19-15/h3-6H,7H2,1-2H3,(H2,17,18,19). The Bertz CT molecular complexity index is 831. The average Bonchev–Trinajstić information content (AvgIpc) is 2.96. The molecule has 0 saturated carbocycles. The Morgan fingerprint density at radius 1 is 1.17 bits per heavy atom. The van der Waals surface area contributed by atoms with E-state index < -0.39 is 0 Å². The normalized spacial score (nSPS) is 10.9. The van der Waals surface area contributed by atoms with Crippen molar-refractivity contribution in [1.82, 2.24) is 20.1 Å². The van der Waals surface area contributed by atoms with Crippen LogP contribution in [0.1, 0.15) is 17.1 Å². The fraction of sp³-hybridized carbons (Fsp3) is 0.200. The summed E-state index contributed by atoms with van der Waals surface area (Å²) < 4.78 is 18.8. The van der Waals surface area contributed by atoms with Crippen molar-refractivity contribution < 1.29 is 8.91 Å². The lowest BCUT2D eigenvalue weighted by Crippen LogP contribution is -1.96. The van der Waals surface area contributed by atoms with E-state index >= 15 is 0 Å². The SMILES string of the molecule is Cc1cc(N)nc(SCc2nc(-c3ccc(C)c(F)c3)no2)n1. The summed E-state index contributed by atoms with van der Waals surface area (Å²) in [6.45, 7) is 3.55. The number of thioether (sulfide) groups is 1. The highest BCUT2D eigenvalue weighted by molar-refractivity contribution is 7.98. The van der Waals surface area contributed by atoms with Gasteiger partial charge in [0.1, 0.15) is 11.6 Å². The summed E-state index contributed by atoms with van der Waals surface area (Å²) in [5, 5.41) is 4.42. The van der Waals surface area contributed by atoms with Crippen molar-refractivity contribution in [3.63, 3.8) is 0 Å². The molecule has 0 fully saturated rings. The Kier molecular flexibility index (Phi) is 4.24. The van der Waals surface area contributed by atoms with Crippen molar-refractivity contribution >= 4 is 17.6 Å². The summed E-state index contributed by atoms with van der Waals surface area (Å²) in [4.78, 5) is 12.7. The first-order valence-corrected chi connectivity index (χ1v) is 7.83. The third-order valence-electron chi connectivity index (χ3n) is 3.08. The van der Waals surface area contributed by atoms with E-state index in [1.54, 1.807) is 25.1 Å². The van der Waals surface area contributed by atoms with Gasteiger partial charge in [-0.15, -0.1) is 0 Å². The van der Waals surface area contributed by atoms with E-state index in [-0.39, 0.29) is 5.82 Å². The molecule has 23 heavy (non-hydrogen) atoms. The number of nitrogen functional groups attached to an aromatic ring is 1. The number of nitrogens with two attached hydrogens (primary N) is 1. The average molecular weight is 331 g/mol. The molecule has 0 aliphatic rings. The first-order chi connectivity index (χ1) is 11.0. The number of aryl methyl sites for hydroxylation is 2. The third kappa shape index (κ3) is 3.65. The van der Waals surface area contributed by atoms with E-state index in [2.05, 4.69) is 20.1 Å². The molecule has 2 N–H and O–H groups in total. The largest absolute Gasteiger partial charge is 0.384 e. The smallest absolute Gasteiger partial charge is 0.237 e. The van der Waals surface area contributed by atoms with Crippen LogP contribution in [0.3, 0.4) is 0 Å². The fourth-order valence-electron chi connectivity index (χ4n) is 1.92. The zero-order valence-corrected chi connectivity index (χ0v) is 13.4. The van der Waals surface area contributed by atoms with Gasteiger partial charge < -0.3 is 10.3 Å². The van der Waals surface area contributed by atoms with E-state index in [0.29, 0.717) is 39.6 Å². The Balaban J connectivity index is 1.73. The summed E-state index contributed by atoms with van der Waals surface area (Å²) in [5.41, 5.74) is 7.62. The van der Waals surface area contributed by atoms with Crippen molar-refractivity contribution in [1.29, 1.82) is 0 Å². The van der Waals surface area contributed by atoms with Crippen LogP contribution in [-0.2, 0) is 5.75 Å². The van der Waals surface area contributed by atoms with Gasteiger partial charge in [0.15, 0.2) is 5.16 Å². The molecule has 3 rings (SSSR count). The summed E-state index contributed by atoms with van der Waals surface area (Å²) >= 11 is 1.34. The minimum absolute atomic E-state index is 0.299. The van der Waals surface area contributed by atoms with E-state index in [1.165, 1.54) is 17.8 Å². The lowest BCUT2D eigenvalue weighted by atomic mass is 10.1. The van der Waals surface area contributed by atoms with Gasteiger partial charge in [0, 0.05) is 17.3 Å². The van der Waals surface area contributed by atoms with Gasteiger partial charge in [0.05, 0.1) is 5.75 Å². The van der Waals surface area contributed by atoms with Crippen molar-refractivity contribution in [2.75, 3.05) is 5.73 Å². The van der Waals surface area contributed by atoms with E-state index in [4.69, 9.17) is 10.3 Å². The zero-order chi connectivity index (χ0) is 16.4. The number of aromatic nitrogens is 4. The zero-order valence-electron chi connectivity index (χ0n) is 12.6. The lowest BCUT2D eigenvalue weighted by molar-refractivity contribution is 0.391. The first-order valence-electron chi connectivity index (χ1n) is 6.84. The predicted octanol–water partition coefficient (Wildman–Crippen LogP) is 3.16. The van der Waals surface area contributed by atoms with Crippen molar-refractivity contribution in [2.24, 2.45) is 0 Å². The van der Waals surface area contributed by atoms with Crippen molar-refractivity contribution in [3.8, 4) is 11.4 Å². The summed E-state index contributed by atoms with van der Waals surface area (Å²) in [6.07, 6.45) is 0. The lowest BCUT2D eigenvalue weighted by Gasteiger charge is -2.00. The molecule has 8 heteroatoms. The van der Waals surface area contributed by atoms with Crippen LogP contribution in [0.15, 0.2) is 33.9 Å². The van der Waals surface area contributed by atoms with Gasteiger partial charge in [0.25, 0.3) is 0 Å². The van der Waals surface area contributed by atoms with Gasteiger partial charge in [-0.25, -0.2) is 14.4 Å². The van der Waals surface area contributed by atoms with Crippen LogP contribution < -0.4 is 5.73 Å². The predicted molar refractivity (Wildman–Crippen MR) is 85.2 cm³/mol. The molecule has 3 aromatic rings. The van der Waals surface area contributed by atoms with Gasteiger partial charge >= 0.3 is 0 Å². The summed E-state index contributed by atoms with van der Waals surface area (Å²) in [7, 11) is 0. The number of halogens is 1. The Hall–Kier alpha value is -2.48. The molecule has 1 aromatic carbocycles. The van der Waals surface area contributed by atoms with Gasteiger partial charge in [0.2, 0.25) is 11.7 Å². The number of hydrogen-bond donors (Lipinski definition) is 1. The highest BCUT2D eigenvalue weighted by Gasteiger charge is 2.11. The summed E-state index contributed by atoms with van der Waals surface area (Å²) in [5.74, 6) is 1.29. The molecule has 0 spiro atoms. The van der Waals surface area contributed by atoms with Crippen LogP contribution in [-0.4, -0.2) is 20.1 Å². The second-order valence-corrected chi connectivity index (χ2v) is 5.92. The number of rotatable bonds is 4. The van der Waals surface area contributed by atoms with Gasteiger partial charge in [-0.3, -0.25) is 0 Å². The Morgan fingerprint density at radius 3 is 2.74 bits per heavy atom. The molecule has 2 heterocycles. The van der Waals surface area contributed by atoms with Crippen molar-refractivity contribution in [2.45, 2.75) is 24.8 Å². The maximum absolute atomic E-state index is 13.6. The van der Waals surface area contributed by atoms with Crippen LogP contribution in [0.4, 0.5) is 10.2 Å². The van der Waals surface area contributed by atoms with E-state index in [0.717, 1.165) is 5.69 Å². The van der Waals surface area contributed by atoms with Crippen LogP contribution in [0.2, 0.25) is 0 Å². The van der Waals surface area contributed by atoms with E-state index in [9.17, 15) is 4.39 Å². The molecule has 0 saturated heterocycles. The van der Waals surface area contributed by atoms with Crippen LogP contribution >= 0.6 is 11.8 Å². The Morgan fingerprint density at radius 2 is 2.00 bits per heavy atom. The fourth-order valence-corrected chi connectivity index (χ4v) is 2.67. The number of nitrogens with zero attached hydrogens (tertiary/aromatic N) is 4. The monoisotopic (exact) mass is 331 g/mol. The minimum Gasteiger partial charge on any atom is -0.384 e. The molecule has 0 unspecified atom stereocenters. The quantitative estimate of drug-likeness (QED) is 0.580. The molecular formula is C15H14FN5OS. The van der Waals surface area contributed by atoms with Gasteiger partial charge in [-0.2, -0.15) is 4.98 Å². The van der Waals surface area contributed by atoms with Gasteiger partial charge in [-0.05, 0) is 25.5 Å². The van der Waals surface area contributed by atoms with E-state index in [1.807, 2.05) is 6.92 Å². The van der Waals surface area contributed by atoms with Crippen molar-refractivity contribution in [3.05, 3.63) is 47.2 Å². The molecular weight excluding hydrogens is 317 g/mol. The number of benzene rings is 1. The highest BCUT2D eigenvalue weighted by Crippen LogP contribution is 2.23. The maximum atomic E-state index is 13.6. The molecule has 0 aliphatic heterocycles. The van der Waals surface area contributed by atoms with Crippen LogP contribution in [0.25, 0.3) is 11.4 Å². The van der Waals surface area contributed by atoms with Crippen LogP contribution in [0, 0.1) is 19.7 Å². The maximum Gasteiger partial charge on any atom is 0.237 e. The molecule has 0 atom stereocenters. The van der Waals surface area contributed by atoms with Crippen LogP contribution in [0.5, 0.6) is 0 Å². The molecule has 0 amide bonds. The molecule has 0 aliphatic carbocycles. The third-order valence-corrected chi connectivity index (χ3v) is 3.91. The van der Waals surface area contributed by atoms with Gasteiger partial charge in [-0.1, -0.05) is 29.1 Å².